The maximum atomic E-state index is 12.4. The highest BCUT2D eigenvalue weighted by molar-refractivity contribution is 5.87. The van der Waals surface area contributed by atoms with Crippen molar-refractivity contribution in [1.82, 2.24) is 19.8 Å². The second-order valence-electron chi connectivity index (χ2n) is 5.61. The van der Waals surface area contributed by atoms with Gasteiger partial charge >= 0.3 is 0 Å². The van der Waals surface area contributed by atoms with Gasteiger partial charge in [0.1, 0.15) is 5.65 Å². The summed E-state index contributed by atoms with van der Waals surface area (Å²) in [5, 5.41) is 1.05. The van der Waals surface area contributed by atoms with Crippen molar-refractivity contribution in [2.75, 3.05) is 32.7 Å². The van der Waals surface area contributed by atoms with Crippen LogP contribution in [-0.2, 0) is 11.2 Å². The summed E-state index contributed by atoms with van der Waals surface area (Å²) >= 11 is 0. The fourth-order valence-corrected chi connectivity index (χ4v) is 2.97. The third-order valence-electron chi connectivity index (χ3n) is 4.14. The van der Waals surface area contributed by atoms with Gasteiger partial charge in [-0.05, 0) is 30.7 Å². The monoisotopic (exact) mass is 286 g/mol. The van der Waals surface area contributed by atoms with Crippen LogP contribution in [0.15, 0.2) is 24.5 Å². The van der Waals surface area contributed by atoms with Gasteiger partial charge in [0.25, 0.3) is 0 Å². The minimum absolute atomic E-state index is 0.218. The van der Waals surface area contributed by atoms with E-state index in [4.69, 9.17) is 0 Å². The van der Waals surface area contributed by atoms with Gasteiger partial charge in [-0.25, -0.2) is 4.98 Å². The zero-order valence-corrected chi connectivity index (χ0v) is 12.5. The molecule has 5 nitrogen and oxygen atoms in total. The lowest BCUT2D eigenvalue weighted by Gasteiger charge is -2.34. The number of aromatic amines is 1. The van der Waals surface area contributed by atoms with Crippen LogP contribution >= 0.6 is 0 Å². The minimum Gasteiger partial charge on any atom is -0.346 e. The van der Waals surface area contributed by atoms with E-state index in [2.05, 4.69) is 21.8 Å². The molecule has 1 aliphatic rings. The van der Waals surface area contributed by atoms with Crippen molar-refractivity contribution in [2.45, 2.75) is 19.8 Å². The fraction of sp³-hybridized carbons (Fsp3) is 0.500. The van der Waals surface area contributed by atoms with Crippen molar-refractivity contribution in [2.24, 2.45) is 0 Å². The Bertz CT molecular complexity index is 614. The number of carbonyl (C=O) groups excluding carboxylic acids is 1. The molecule has 0 atom stereocenters. The third kappa shape index (κ3) is 3.08. The minimum atomic E-state index is 0.218. The number of H-pyrrole nitrogens is 1. The van der Waals surface area contributed by atoms with E-state index in [1.54, 1.807) is 6.20 Å². The van der Waals surface area contributed by atoms with Crippen LogP contribution in [0.4, 0.5) is 0 Å². The van der Waals surface area contributed by atoms with E-state index in [0.717, 1.165) is 49.3 Å². The van der Waals surface area contributed by atoms with Crippen molar-refractivity contribution < 1.29 is 4.79 Å². The van der Waals surface area contributed by atoms with Crippen molar-refractivity contribution in [3.63, 3.8) is 0 Å². The lowest BCUT2D eigenvalue weighted by molar-refractivity contribution is -0.132. The van der Waals surface area contributed by atoms with Crippen molar-refractivity contribution in [1.29, 1.82) is 0 Å². The fourth-order valence-electron chi connectivity index (χ4n) is 2.97. The number of amides is 1. The average molecular weight is 286 g/mol. The molecular formula is C16H22N4O. The van der Waals surface area contributed by atoms with Crippen molar-refractivity contribution in [3.8, 4) is 0 Å². The Morgan fingerprint density at radius 2 is 2.14 bits per heavy atom. The molecule has 0 radical (unpaired) electrons. The first-order chi connectivity index (χ1) is 10.3. The molecule has 2 aromatic heterocycles. The smallest absolute Gasteiger partial charge is 0.227 e. The molecule has 0 aliphatic carbocycles. The highest BCUT2D eigenvalue weighted by atomic mass is 16.2. The summed E-state index contributed by atoms with van der Waals surface area (Å²) in [6, 6.07) is 3.92. The quantitative estimate of drug-likeness (QED) is 0.930. The molecule has 3 rings (SSSR count). The Morgan fingerprint density at radius 3 is 2.90 bits per heavy atom. The number of piperazine rings is 1. The molecule has 0 unspecified atom stereocenters. The standard InChI is InChI=1S/C16H22N4O/c1-2-6-19-7-9-20(10-8-19)15(21)11-13-12-18-16-14(13)4-3-5-17-16/h3-5,12H,2,6-11H2,1H3,(H,17,18). The highest BCUT2D eigenvalue weighted by Gasteiger charge is 2.21. The summed E-state index contributed by atoms with van der Waals surface area (Å²) in [7, 11) is 0. The molecule has 1 saturated heterocycles. The van der Waals surface area contributed by atoms with Crippen LogP contribution in [0.5, 0.6) is 0 Å². The zero-order chi connectivity index (χ0) is 14.7. The Kier molecular flexibility index (Phi) is 4.20. The average Bonchev–Trinajstić information content (AvgIpc) is 2.92. The molecule has 1 N–H and O–H groups in total. The molecule has 1 amide bonds. The van der Waals surface area contributed by atoms with Crippen LogP contribution in [0.2, 0.25) is 0 Å². The maximum absolute atomic E-state index is 12.4. The van der Waals surface area contributed by atoms with Crippen molar-refractivity contribution >= 4 is 16.9 Å². The second kappa shape index (κ2) is 6.26. The number of fused-ring (bicyclic) bond motifs is 1. The number of nitrogens with one attached hydrogen (secondary N) is 1. The van der Waals surface area contributed by atoms with Crippen LogP contribution in [0.25, 0.3) is 11.0 Å². The van der Waals surface area contributed by atoms with Crippen molar-refractivity contribution in [3.05, 3.63) is 30.1 Å². The lowest BCUT2D eigenvalue weighted by atomic mass is 10.1. The SMILES string of the molecule is CCCN1CCN(C(=O)Cc2c[nH]c3ncccc23)CC1. The summed E-state index contributed by atoms with van der Waals surface area (Å²) < 4.78 is 0. The number of rotatable bonds is 4. The number of hydrogen-bond acceptors (Lipinski definition) is 3. The molecule has 0 saturated carbocycles. The lowest BCUT2D eigenvalue weighted by Crippen LogP contribution is -2.49. The molecule has 0 aromatic carbocycles. The topological polar surface area (TPSA) is 52.2 Å². The molecule has 3 heterocycles. The first-order valence-corrected chi connectivity index (χ1v) is 7.69. The second-order valence-corrected chi connectivity index (χ2v) is 5.61. The number of aromatic nitrogens is 2. The van der Waals surface area contributed by atoms with Gasteiger partial charge in [-0.3, -0.25) is 9.69 Å². The van der Waals surface area contributed by atoms with E-state index in [-0.39, 0.29) is 5.91 Å². The number of nitrogens with zero attached hydrogens (tertiary/aromatic N) is 3. The van der Waals surface area contributed by atoms with E-state index in [1.165, 1.54) is 6.42 Å². The van der Waals surface area contributed by atoms with Crippen LogP contribution in [0, 0.1) is 0 Å². The summed E-state index contributed by atoms with van der Waals surface area (Å²) in [5.74, 6) is 0.218. The maximum Gasteiger partial charge on any atom is 0.227 e. The van der Waals surface area contributed by atoms with Gasteiger partial charge < -0.3 is 9.88 Å². The molecule has 112 valence electrons. The molecular weight excluding hydrogens is 264 g/mol. The largest absolute Gasteiger partial charge is 0.346 e. The van der Waals surface area contributed by atoms with E-state index < -0.39 is 0 Å². The van der Waals surface area contributed by atoms with Crippen LogP contribution in [-0.4, -0.2) is 58.4 Å². The molecule has 0 spiro atoms. The zero-order valence-electron chi connectivity index (χ0n) is 12.5. The van der Waals surface area contributed by atoms with E-state index >= 15 is 0 Å². The van der Waals surface area contributed by atoms with E-state index in [9.17, 15) is 4.79 Å². The molecule has 0 bridgehead atoms. The number of pyridine rings is 1. The molecule has 5 heteroatoms. The van der Waals surface area contributed by atoms with Gasteiger partial charge in [0.15, 0.2) is 0 Å². The van der Waals surface area contributed by atoms with Gasteiger partial charge in [-0.15, -0.1) is 0 Å². The molecule has 21 heavy (non-hydrogen) atoms. The Hall–Kier alpha value is -1.88. The Morgan fingerprint density at radius 1 is 1.33 bits per heavy atom. The van der Waals surface area contributed by atoms with Crippen LogP contribution in [0.1, 0.15) is 18.9 Å². The number of hydrogen-bond donors (Lipinski definition) is 1. The first kappa shape index (κ1) is 14.1. The predicted molar refractivity (Wildman–Crippen MR) is 83.1 cm³/mol. The first-order valence-electron chi connectivity index (χ1n) is 7.69. The third-order valence-corrected chi connectivity index (χ3v) is 4.14. The molecule has 1 fully saturated rings. The van der Waals surface area contributed by atoms with Gasteiger partial charge in [0.05, 0.1) is 6.42 Å². The molecule has 1 aliphatic heterocycles. The van der Waals surface area contributed by atoms with E-state index in [0.29, 0.717) is 6.42 Å². The van der Waals surface area contributed by atoms with E-state index in [1.807, 2.05) is 23.2 Å². The Labute approximate surface area is 125 Å². The predicted octanol–water partition coefficient (Wildman–Crippen LogP) is 1.66. The van der Waals surface area contributed by atoms with Gasteiger partial charge in [0.2, 0.25) is 5.91 Å². The summed E-state index contributed by atoms with van der Waals surface area (Å²) in [6.07, 6.45) is 5.30. The van der Waals surface area contributed by atoms with Gasteiger partial charge in [0, 0.05) is 44.0 Å². The van der Waals surface area contributed by atoms with Gasteiger partial charge in [-0.1, -0.05) is 6.92 Å². The normalized spacial score (nSPS) is 16.5. The van der Waals surface area contributed by atoms with Gasteiger partial charge in [-0.2, -0.15) is 0 Å². The summed E-state index contributed by atoms with van der Waals surface area (Å²) in [6.45, 7) is 7.02. The Balaban J connectivity index is 1.62. The number of carbonyl (C=O) groups is 1. The summed E-state index contributed by atoms with van der Waals surface area (Å²) in [5.41, 5.74) is 1.90. The molecule has 2 aromatic rings. The van der Waals surface area contributed by atoms with Crippen LogP contribution in [0.3, 0.4) is 0 Å². The van der Waals surface area contributed by atoms with Crippen LogP contribution < -0.4 is 0 Å². The summed E-state index contributed by atoms with van der Waals surface area (Å²) in [4.78, 5) is 24.3. The highest BCUT2D eigenvalue weighted by Crippen LogP contribution is 2.17.